The summed E-state index contributed by atoms with van der Waals surface area (Å²) in [6.45, 7) is 1.62. The number of anilines is 1. The summed E-state index contributed by atoms with van der Waals surface area (Å²) < 4.78 is 13.0. The largest absolute Gasteiger partial charge is 1.00 e. The average Bonchev–Trinajstić information content (AvgIpc) is 2.13. The van der Waals surface area contributed by atoms with E-state index in [0.29, 0.717) is 11.3 Å². The first-order valence-corrected chi connectivity index (χ1v) is 4.22. The predicted molar refractivity (Wildman–Crippen MR) is 55.2 cm³/mol. The zero-order chi connectivity index (χ0) is 10.6. The number of hydrogen-bond donors (Lipinski definition) is 1. The van der Waals surface area contributed by atoms with Crippen LogP contribution in [0.3, 0.4) is 0 Å². The molecule has 0 saturated carbocycles. The Morgan fingerprint density at radius 1 is 1.60 bits per heavy atom. The molecule has 1 N–H and O–H groups in total. The van der Waals surface area contributed by atoms with E-state index in [2.05, 4.69) is 10.3 Å². The zero-order valence-corrected chi connectivity index (χ0v) is 11.2. The summed E-state index contributed by atoms with van der Waals surface area (Å²) in [5.41, 5.74) is 0.969. The Bertz CT molecular complexity index is 414. The molecule has 1 aromatic carbocycles. The van der Waals surface area contributed by atoms with Crippen LogP contribution in [-0.2, 0) is 12.6 Å². The van der Waals surface area contributed by atoms with E-state index < -0.39 is 0 Å². The van der Waals surface area contributed by atoms with Gasteiger partial charge in [-0.25, -0.2) is 4.39 Å². The second-order valence-electron chi connectivity index (χ2n) is 2.55. The number of benzene rings is 1. The molecule has 0 unspecified atom stereocenters. The molecule has 0 aliphatic heterocycles. The fourth-order valence-electron chi connectivity index (χ4n) is 0.931. The van der Waals surface area contributed by atoms with Crippen LogP contribution in [0.25, 0.3) is 0 Å². The van der Waals surface area contributed by atoms with Gasteiger partial charge in [-0.2, -0.15) is 10.3 Å². The third-order valence-corrected chi connectivity index (χ3v) is 1.85. The Hall–Kier alpha value is -0.670. The first-order chi connectivity index (χ1) is 6.65. The molecule has 0 fully saturated rings. The molecule has 0 aliphatic rings. The fourth-order valence-corrected chi connectivity index (χ4v) is 1.08. The van der Waals surface area contributed by atoms with Gasteiger partial charge in [-0.15, -0.1) is 0 Å². The van der Waals surface area contributed by atoms with Gasteiger partial charge in [0.25, 0.3) is 0 Å². The second-order valence-corrected chi connectivity index (χ2v) is 2.94. The van der Waals surface area contributed by atoms with Crippen molar-refractivity contribution in [1.82, 2.24) is 0 Å². The van der Waals surface area contributed by atoms with Crippen LogP contribution in [0.2, 0.25) is 0 Å². The molecule has 1 aromatic rings. The van der Waals surface area contributed by atoms with Crippen molar-refractivity contribution in [2.24, 2.45) is 4.99 Å². The van der Waals surface area contributed by atoms with Crippen LogP contribution in [0.15, 0.2) is 23.2 Å². The molecule has 0 aliphatic carbocycles. The van der Waals surface area contributed by atoms with Crippen LogP contribution >= 0.6 is 0 Å². The van der Waals surface area contributed by atoms with Crippen molar-refractivity contribution in [2.75, 3.05) is 5.32 Å². The number of halogens is 1. The van der Waals surface area contributed by atoms with Crippen molar-refractivity contribution in [2.45, 2.75) is 6.92 Å². The average molecular weight is 231 g/mol. The topological polar surface area (TPSA) is 48.2 Å². The zero-order valence-electron chi connectivity index (χ0n) is 8.41. The third-order valence-electron chi connectivity index (χ3n) is 1.66. The maximum absolute atomic E-state index is 13.0. The molecule has 0 atom stereocenters. The van der Waals surface area contributed by atoms with E-state index >= 15 is 0 Å². The van der Waals surface area contributed by atoms with E-state index in [9.17, 15) is 4.39 Å². The number of hydrogen-bond acceptors (Lipinski definition) is 3. The standard InChI is InChI=1S/C9H8FN3S.Na/c1-6-7(10)3-2-4-8(6)13-9(14)12-5-11;/h2-4H,1H3,(H2,12,13,14);/q;+1/p-1. The molecular formula is C9H7FN3NaS. The normalized spacial score (nSPS) is 10.1. The quantitative estimate of drug-likeness (QED) is 0.220. The SMILES string of the molecule is Cc1c(F)cccc1N/C([S-])=N/C#N.[Na+]. The van der Waals surface area contributed by atoms with Gasteiger partial charge >= 0.3 is 29.6 Å². The van der Waals surface area contributed by atoms with Crippen molar-refractivity contribution in [3.05, 3.63) is 29.6 Å². The van der Waals surface area contributed by atoms with Crippen molar-refractivity contribution < 1.29 is 33.9 Å². The van der Waals surface area contributed by atoms with Crippen LogP contribution in [-0.4, -0.2) is 5.17 Å². The van der Waals surface area contributed by atoms with E-state index in [1.54, 1.807) is 25.2 Å². The first-order valence-electron chi connectivity index (χ1n) is 3.81. The maximum atomic E-state index is 13.0. The Balaban J connectivity index is 0.00000196. The monoisotopic (exact) mass is 231 g/mol. The number of rotatable bonds is 1. The van der Waals surface area contributed by atoms with Crippen molar-refractivity contribution in [1.29, 1.82) is 5.26 Å². The van der Waals surface area contributed by atoms with Gasteiger partial charge in [0.15, 0.2) is 0 Å². The van der Waals surface area contributed by atoms with E-state index in [0.717, 1.165) is 0 Å². The molecule has 6 heteroatoms. The number of nitriles is 1. The summed E-state index contributed by atoms with van der Waals surface area (Å²) in [6.07, 6.45) is 1.55. The molecule has 1 rings (SSSR count). The van der Waals surface area contributed by atoms with Crippen molar-refractivity contribution >= 4 is 23.5 Å². The summed E-state index contributed by atoms with van der Waals surface area (Å²) in [6, 6.07) is 4.57. The summed E-state index contributed by atoms with van der Waals surface area (Å²) in [5.74, 6) is -0.324. The van der Waals surface area contributed by atoms with E-state index in [4.69, 9.17) is 17.9 Å². The third kappa shape index (κ3) is 4.14. The van der Waals surface area contributed by atoms with Crippen LogP contribution in [0, 0.1) is 24.2 Å². The Labute approximate surface area is 115 Å². The van der Waals surface area contributed by atoms with Gasteiger partial charge in [0.2, 0.25) is 6.19 Å². The van der Waals surface area contributed by atoms with E-state index in [1.807, 2.05) is 0 Å². The van der Waals surface area contributed by atoms with Gasteiger partial charge in [0, 0.05) is 11.3 Å². The van der Waals surface area contributed by atoms with E-state index in [-0.39, 0.29) is 40.5 Å². The molecular weight excluding hydrogens is 224 g/mol. The van der Waals surface area contributed by atoms with Gasteiger partial charge in [-0.1, -0.05) is 6.07 Å². The van der Waals surface area contributed by atoms with Crippen molar-refractivity contribution in [3.8, 4) is 6.19 Å². The van der Waals surface area contributed by atoms with Gasteiger partial charge in [0.1, 0.15) is 5.82 Å². The summed E-state index contributed by atoms with van der Waals surface area (Å²) >= 11 is 4.72. The minimum absolute atomic E-state index is 0. The number of nitrogens with zero attached hydrogens (tertiary/aromatic N) is 2. The van der Waals surface area contributed by atoms with Gasteiger partial charge in [-0.05, 0) is 24.2 Å². The van der Waals surface area contributed by atoms with Crippen LogP contribution in [0.1, 0.15) is 5.56 Å². The molecule has 0 heterocycles. The number of nitrogens with one attached hydrogen (secondary N) is 1. The van der Waals surface area contributed by atoms with Crippen LogP contribution in [0.4, 0.5) is 10.1 Å². The summed E-state index contributed by atoms with van der Waals surface area (Å²) in [7, 11) is 0. The summed E-state index contributed by atoms with van der Waals surface area (Å²) in [4.78, 5) is 3.29. The van der Waals surface area contributed by atoms with Crippen LogP contribution < -0.4 is 34.9 Å². The molecule has 3 nitrogen and oxygen atoms in total. The maximum Gasteiger partial charge on any atom is 1.00 e. The fraction of sp³-hybridized carbons (Fsp3) is 0.111. The minimum Gasteiger partial charge on any atom is -0.742 e. The van der Waals surface area contributed by atoms with Gasteiger partial charge < -0.3 is 17.9 Å². The number of aliphatic imine (C=N–C) groups is 1. The molecule has 0 saturated heterocycles. The molecule has 0 aromatic heterocycles. The Morgan fingerprint density at radius 2 is 2.27 bits per heavy atom. The second kappa shape index (κ2) is 6.75. The number of amidine groups is 1. The Kier molecular flexibility index (Phi) is 6.45. The van der Waals surface area contributed by atoms with Crippen molar-refractivity contribution in [3.63, 3.8) is 0 Å². The Morgan fingerprint density at radius 3 is 2.87 bits per heavy atom. The molecule has 15 heavy (non-hydrogen) atoms. The van der Waals surface area contributed by atoms with Gasteiger partial charge in [-0.3, -0.25) is 0 Å². The molecule has 72 valence electrons. The molecule has 0 bridgehead atoms. The summed E-state index contributed by atoms with van der Waals surface area (Å²) in [5, 5.41) is 10.9. The molecule has 0 amide bonds. The predicted octanol–water partition coefficient (Wildman–Crippen LogP) is -1.07. The van der Waals surface area contributed by atoms with Crippen LogP contribution in [0.5, 0.6) is 0 Å². The van der Waals surface area contributed by atoms with E-state index in [1.165, 1.54) is 6.07 Å². The minimum atomic E-state index is -0.324. The molecule has 0 radical (unpaired) electrons. The smallest absolute Gasteiger partial charge is 0.742 e. The molecule has 0 spiro atoms. The first kappa shape index (κ1) is 14.3. The van der Waals surface area contributed by atoms with Gasteiger partial charge in [0.05, 0.1) is 0 Å².